The van der Waals surface area contributed by atoms with Gasteiger partial charge in [0.25, 0.3) is 0 Å². The van der Waals surface area contributed by atoms with Crippen molar-refractivity contribution in [2.75, 3.05) is 0 Å². The molecule has 0 aliphatic heterocycles. The van der Waals surface area contributed by atoms with Crippen molar-refractivity contribution in [3.05, 3.63) is 121 Å². The van der Waals surface area contributed by atoms with E-state index in [-0.39, 0.29) is 0 Å². The molecule has 0 unspecified atom stereocenters. The lowest BCUT2D eigenvalue weighted by atomic mass is 10.0. The Morgan fingerprint density at radius 3 is 1.27 bits per heavy atom. The minimum Gasteiger partial charge on any atom is -0.308 e. The van der Waals surface area contributed by atoms with Crippen LogP contribution in [0.25, 0.3) is 97.7 Å². The van der Waals surface area contributed by atoms with Gasteiger partial charge in [-0.15, -0.1) is 0 Å². The maximum Gasteiger partial charge on any atom is 0.0620 e. The average Bonchev–Trinajstić information content (AvgIpc) is 3.73. The minimum atomic E-state index is 1.28. The standard InChI is InChI=1S/C38H20N2/c1-3-9-23-21(7-1)15-17-31-35(23)27-13-5-11-25-29-19-30-26-12-6-14-28-36-24-10-4-2-8-22(24)16-18-32(36)40(38(26)28)34(30)20-33(29)39(31)37(25)27/h1-20H. The number of aromatic nitrogens is 2. The zero-order chi connectivity index (χ0) is 25.7. The van der Waals surface area contributed by atoms with Gasteiger partial charge in [-0.3, -0.25) is 0 Å². The Morgan fingerprint density at radius 1 is 0.300 bits per heavy atom. The van der Waals surface area contributed by atoms with E-state index < -0.39 is 0 Å². The van der Waals surface area contributed by atoms with Gasteiger partial charge in [0.1, 0.15) is 0 Å². The van der Waals surface area contributed by atoms with Crippen LogP contribution in [-0.4, -0.2) is 8.80 Å². The second-order valence-corrected chi connectivity index (χ2v) is 11.3. The fourth-order valence-corrected chi connectivity index (χ4v) is 7.99. The third kappa shape index (κ3) is 2.04. The SMILES string of the molecule is c1ccc2c(c1)ccc1c2c2cccc3c4cc5c6cccc7c8c9ccccc9ccc8n(c5cc4n1c32)c67. The quantitative estimate of drug-likeness (QED) is 0.194. The van der Waals surface area contributed by atoms with Gasteiger partial charge in [-0.1, -0.05) is 97.1 Å². The Labute approximate surface area is 227 Å². The van der Waals surface area contributed by atoms with Crippen molar-refractivity contribution in [3.8, 4) is 0 Å². The number of fused-ring (bicyclic) bond motifs is 16. The van der Waals surface area contributed by atoms with Crippen LogP contribution in [0, 0.1) is 0 Å². The number of benzene rings is 7. The fourth-order valence-electron chi connectivity index (χ4n) is 7.99. The average molecular weight is 505 g/mol. The molecule has 11 rings (SSSR count). The van der Waals surface area contributed by atoms with Gasteiger partial charge in [0.15, 0.2) is 0 Å². The Kier molecular flexibility index (Phi) is 3.17. The highest BCUT2D eigenvalue weighted by Crippen LogP contribution is 2.46. The van der Waals surface area contributed by atoms with Crippen molar-refractivity contribution < 1.29 is 0 Å². The van der Waals surface area contributed by atoms with Crippen molar-refractivity contribution in [1.82, 2.24) is 8.80 Å². The maximum absolute atomic E-state index is 2.52. The second kappa shape index (κ2) is 6.44. The van der Waals surface area contributed by atoms with Crippen LogP contribution < -0.4 is 0 Å². The lowest BCUT2D eigenvalue weighted by Gasteiger charge is -2.04. The van der Waals surface area contributed by atoms with Gasteiger partial charge in [-0.05, 0) is 45.8 Å². The van der Waals surface area contributed by atoms with Gasteiger partial charge >= 0.3 is 0 Å². The summed E-state index contributed by atoms with van der Waals surface area (Å²) in [4.78, 5) is 0. The summed E-state index contributed by atoms with van der Waals surface area (Å²) in [6.45, 7) is 0. The van der Waals surface area contributed by atoms with Crippen molar-refractivity contribution in [3.63, 3.8) is 0 Å². The number of nitrogens with zero attached hydrogens (tertiary/aromatic N) is 2. The highest BCUT2D eigenvalue weighted by atomic mass is 14.9. The van der Waals surface area contributed by atoms with E-state index in [4.69, 9.17) is 0 Å². The van der Waals surface area contributed by atoms with Gasteiger partial charge in [-0.2, -0.15) is 0 Å². The summed E-state index contributed by atoms with van der Waals surface area (Å²) in [5, 5.41) is 15.9. The summed E-state index contributed by atoms with van der Waals surface area (Å²) in [6.07, 6.45) is 0. The third-order valence-corrected chi connectivity index (χ3v) is 9.53. The predicted octanol–water partition coefficient (Wildman–Crippen LogP) is 10.3. The van der Waals surface area contributed by atoms with Gasteiger partial charge < -0.3 is 8.80 Å². The molecule has 0 aliphatic rings. The summed E-state index contributed by atoms with van der Waals surface area (Å²) >= 11 is 0. The lowest BCUT2D eigenvalue weighted by Crippen LogP contribution is -1.84. The molecule has 0 saturated heterocycles. The summed E-state index contributed by atoms with van der Waals surface area (Å²) < 4.78 is 5.03. The molecule has 0 saturated carbocycles. The highest BCUT2D eigenvalue weighted by Gasteiger charge is 2.23. The maximum atomic E-state index is 2.52. The third-order valence-electron chi connectivity index (χ3n) is 9.53. The molecule has 40 heavy (non-hydrogen) atoms. The zero-order valence-electron chi connectivity index (χ0n) is 21.4. The molecule has 0 radical (unpaired) electrons. The molecule has 4 heterocycles. The van der Waals surface area contributed by atoms with Crippen LogP contribution in [0.1, 0.15) is 0 Å². The van der Waals surface area contributed by atoms with Crippen LogP contribution in [0.15, 0.2) is 121 Å². The molecule has 0 atom stereocenters. The molecule has 0 fully saturated rings. The lowest BCUT2D eigenvalue weighted by molar-refractivity contribution is 1.35. The molecule has 0 aliphatic carbocycles. The molecular formula is C38H20N2. The number of hydrogen-bond acceptors (Lipinski definition) is 0. The van der Waals surface area contributed by atoms with Crippen molar-refractivity contribution in [1.29, 1.82) is 0 Å². The van der Waals surface area contributed by atoms with E-state index >= 15 is 0 Å². The molecule has 7 aromatic carbocycles. The Hall–Kier alpha value is -5.34. The van der Waals surface area contributed by atoms with E-state index in [1.54, 1.807) is 0 Å². The van der Waals surface area contributed by atoms with E-state index in [0.29, 0.717) is 0 Å². The van der Waals surface area contributed by atoms with E-state index in [9.17, 15) is 0 Å². The molecule has 0 bridgehead atoms. The van der Waals surface area contributed by atoms with Crippen LogP contribution in [0.2, 0.25) is 0 Å². The summed E-state index contributed by atoms with van der Waals surface area (Å²) in [7, 11) is 0. The predicted molar refractivity (Wildman–Crippen MR) is 171 cm³/mol. The van der Waals surface area contributed by atoms with Crippen LogP contribution in [0.3, 0.4) is 0 Å². The van der Waals surface area contributed by atoms with Crippen molar-refractivity contribution in [2.24, 2.45) is 0 Å². The summed E-state index contributed by atoms with van der Waals surface area (Å²) in [6, 6.07) is 45.3. The zero-order valence-corrected chi connectivity index (χ0v) is 21.4. The first-order valence-corrected chi connectivity index (χ1v) is 14.0. The van der Waals surface area contributed by atoms with Crippen LogP contribution in [-0.2, 0) is 0 Å². The molecular weight excluding hydrogens is 484 g/mol. The van der Waals surface area contributed by atoms with Crippen molar-refractivity contribution >= 4 is 97.7 Å². The first kappa shape index (κ1) is 19.7. The highest BCUT2D eigenvalue weighted by molar-refractivity contribution is 6.32. The minimum absolute atomic E-state index is 1.28. The summed E-state index contributed by atoms with van der Waals surface area (Å²) in [5.41, 5.74) is 7.77. The topological polar surface area (TPSA) is 8.82 Å². The Bertz CT molecular complexity index is 2670. The monoisotopic (exact) mass is 504 g/mol. The molecule has 0 spiro atoms. The van der Waals surface area contributed by atoms with E-state index in [0.717, 1.165) is 0 Å². The van der Waals surface area contributed by atoms with Gasteiger partial charge in [0.05, 0.1) is 33.1 Å². The van der Waals surface area contributed by atoms with Crippen molar-refractivity contribution in [2.45, 2.75) is 0 Å². The smallest absolute Gasteiger partial charge is 0.0620 e. The number of rotatable bonds is 0. The molecule has 2 nitrogen and oxygen atoms in total. The molecule has 2 heteroatoms. The van der Waals surface area contributed by atoms with Gasteiger partial charge in [0.2, 0.25) is 0 Å². The summed E-state index contributed by atoms with van der Waals surface area (Å²) in [5.74, 6) is 0. The molecule has 182 valence electrons. The Morgan fingerprint density at radius 2 is 0.750 bits per heavy atom. The van der Waals surface area contributed by atoms with Crippen LogP contribution in [0.4, 0.5) is 0 Å². The van der Waals surface area contributed by atoms with Crippen LogP contribution in [0.5, 0.6) is 0 Å². The molecule has 11 aromatic rings. The second-order valence-electron chi connectivity index (χ2n) is 11.3. The van der Waals surface area contributed by atoms with Crippen LogP contribution >= 0.6 is 0 Å². The van der Waals surface area contributed by atoms with E-state index in [2.05, 4.69) is 130 Å². The van der Waals surface area contributed by atoms with Gasteiger partial charge in [0, 0.05) is 43.1 Å². The molecule has 0 N–H and O–H groups in total. The number of hydrogen-bond donors (Lipinski definition) is 0. The first-order chi connectivity index (χ1) is 19.9. The largest absolute Gasteiger partial charge is 0.308 e. The Balaban J connectivity index is 1.42. The molecule has 4 aromatic heterocycles. The number of para-hydroxylation sites is 2. The first-order valence-electron chi connectivity index (χ1n) is 14.0. The normalized spacial score (nSPS) is 13.0. The van der Waals surface area contributed by atoms with E-state index in [1.165, 1.54) is 97.7 Å². The van der Waals surface area contributed by atoms with E-state index in [1.807, 2.05) is 0 Å². The fraction of sp³-hybridized carbons (Fsp3) is 0. The van der Waals surface area contributed by atoms with Gasteiger partial charge in [-0.25, -0.2) is 0 Å². The molecule has 0 amide bonds.